The normalized spacial score (nSPS) is 13.9. The zero-order chi connectivity index (χ0) is 42.2. The van der Waals surface area contributed by atoms with Crippen molar-refractivity contribution in [3.05, 3.63) is 101 Å². The first kappa shape index (κ1) is 40.7. The number of fused-ring (bicyclic) bond motifs is 2. The Balaban J connectivity index is 0.000000179. The number of hydrogen-bond donors (Lipinski definition) is 0. The van der Waals surface area contributed by atoms with Gasteiger partial charge in [-0.2, -0.15) is 20.7 Å². The molecule has 6 aromatic rings. The summed E-state index contributed by atoms with van der Waals surface area (Å²) in [6, 6.07) is 19.0. The number of Topliss-reactive ketones (excluding diaryl/α,β-unsaturated/α-hetero) is 2. The van der Waals surface area contributed by atoms with E-state index in [1.54, 1.807) is 41.7 Å². The Morgan fingerprint density at radius 3 is 1.46 bits per heavy atom. The van der Waals surface area contributed by atoms with Crippen LogP contribution in [0.3, 0.4) is 0 Å². The number of carbonyl (C=O) groups is 2. The van der Waals surface area contributed by atoms with Gasteiger partial charge >= 0.3 is 0 Å². The van der Waals surface area contributed by atoms with Gasteiger partial charge in [-0.25, -0.2) is 13.4 Å². The smallest absolute Gasteiger partial charge is 0.170 e. The number of ketones is 2. The Morgan fingerprint density at radius 1 is 0.678 bits per heavy atom. The van der Waals surface area contributed by atoms with E-state index in [1.807, 2.05) is 76.5 Å². The first-order valence-electron chi connectivity index (χ1n) is 19.7. The van der Waals surface area contributed by atoms with E-state index in [1.165, 1.54) is 13.2 Å². The van der Waals surface area contributed by atoms with E-state index in [2.05, 4.69) is 22.3 Å². The molecule has 11 nitrogen and oxygen atoms in total. The van der Waals surface area contributed by atoms with Crippen LogP contribution < -0.4 is 14.2 Å². The minimum atomic E-state index is -0.640. The highest BCUT2D eigenvalue weighted by atomic mass is 19.1. The second-order valence-corrected chi connectivity index (χ2v) is 16.5. The fourth-order valence-corrected chi connectivity index (χ4v) is 7.16. The Labute approximate surface area is 342 Å². The van der Waals surface area contributed by atoms with Gasteiger partial charge in [0, 0.05) is 36.4 Å². The van der Waals surface area contributed by atoms with Crippen LogP contribution in [-0.2, 0) is 10.8 Å². The van der Waals surface area contributed by atoms with Gasteiger partial charge in [0.2, 0.25) is 0 Å². The highest BCUT2D eigenvalue weighted by Crippen LogP contribution is 2.41. The van der Waals surface area contributed by atoms with E-state index >= 15 is 0 Å². The van der Waals surface area contributed by atoms with Crippen LogP contribution in [0.25, 0.3) is 33.3 Å². The number of nitrogens with zero attached hydrogens (tertiary/aromatic N) is 6. The molecule has 0 atom stereocenters. The van der Waals surface area contributed by atoms with Crippen molar-refractivity contribution in [1.82, 2.24) is 19.2 Å². The highest BCUT2D eigenvalue weighted by molar-refractivity contribution is 6.03. The molecule has 0 unspecified atom stereocenters. The van der Waals surface area contributed by atoms with Crippen LogP contribution in [0.15, 0.2) is 73.3 Å². The second-order valence-electron chi connectivity index (χ2n) is 16.5. The number of ether oxygens (including phenoxy) is 3. The lowest BCUT2D eigenvalue weighted by Crippen LogP contribution is -2.14. The van der Waals surface area contributed by atoms with Crippen LogP contribution >= 0.6 is 0 Å². The summed E-state index contributed by atoms with van der Waals surface area (Å²) in [6.07, 6.45) is 12.3. The zero-order valence-corrected chi connectivity index (χ0v) is 34.4. The van der Waals surface area contributed by atoms with E-state index in [-0.39, 0.29) is 22.9 Å². The quantitative estimate of drug-likeness (QED) is 0.104. The summed E-state index contributed by atoms with van der Waals surface area (Å²) in [6.45, 7) is 7.45. The van der Waals surface area contributed by atoms with Crippen LogP contribution in [0.4, 0.5) is 4.39 Å². The summed E-state index contributed by atoms with van der Waals surface area (Å²) >= 11 is 0. The number of rotatable bonds is 13. The van der Waals surface area contributed by atoms with Gasteiger partial charge in [0.15, 0.2) is 11.6 Å². The first-order chi connectivity index (χ1) is 28.2. The van der Waals surface area contributed by atoms with Crippen molar-refractivity contribution in [3.63, 3.8) is 0 Å². The average Bonchev–Trinajstić information content (AvgIpc) is 4.15. The minimum Gasteiger partial charge on any atom is -0.496 e. The maximum Gasteiger partial charge on any atom is 0.170 e. The maximum atomic E-state index is 14.9. The number of methoxy groups -OCH3 is 3. The van der Waals surface area contributed by atoms with Crippen LogP contribution in [-0.4, -0.2) is 52.1 Å². The molecular formula is C47H47FN6O5. The lowest BCUT2D eigenvalue weighted by molar-refractivity contribution is 0.0960. The maximum absolute atomic E-state index is 14.9. The van der Waals surface area contributed by atoms with Crippen molar-refractivity contribution >= 4 is 22.6 Å². The van der Waals surface area contributed by atoms with E-state index in [9.17, 15) is 24.5 Å². The topological polar surface area (TPSA) is 144 Å². The van der Waals surface area contributed by atoms with Crippen molar-refractivity contribution in [2.75, 3.05) is 21.3 Å². The summed E-state index contributed by atoms with van der Waals surface area (Å²) < 4.78 is 34.9. The van der Waals surface area contributed by atoms with Crippen LogP contribution in [0.5, 0.6) is 17.2 Å². The molecule has 0 amide bonds. The van der Waals surface area contributed by atoms with Gasteiger partial charge in [-0.05, 0) is 124 Å². The van der Waals surface area contributed by atoms with Gasteiger partial charge in [-0.15, -0.1) is 0 Å². The van der Waals surface area contributed by atoms with Crippen molar-refractivity contribution in [2.45, 2.75) is 77.0 Å². The van der Waals surface area contributed by atoms with Crippen LogP contribution in [0, 0.1) is 40.3 Å². The molecule has 0 aliphatic heterocycles. The monoisotopic (exact) mass is 794 g/mol. The standard InChI is InChI=1S/C24H25N3O3.C23H22FN3O2/c1-24(2,14-25)17-7-8-19-18(12-26-27(19)13-17)16-10-21(29-3)23(22(11-16)30-4)20(28)9-15-5-6-15;1-23(2,13-25)16-6-7-19-17(11-26-27(19)12-16)15-9-18(24)22(21(10-15)29-3)20(28)8-14-4-5-14/h7-8,10-13,15H,5-6,9H2,1-4H3;6-7,9-12,14H,4-5,8H2,1-3H3. The SMILES string of the molecule is COc1cc(-c2cnn3cc(C(C)(C)C#N)ccc23)cc(F)c1C(=O)CC1CC1.COc1cc(-c2cnn3cc(C(C)(C)C#N)ccc23)cc(OC)c1C(=O)CC1CC1. The summed E-state index contributed by atoms with van der Waals surface area (Å²) in [5.41, 5.74) is 5.76. The first-order valence-corrected chi connectivity index (χ1v) is 19.7. The third-order valence-electron chi connectivity index (χ3n) is 11.3. The number of benzene rings is 2. The Bertz CT molecular complexity index is 2660. The van der Waals surface area contributed by atoms with Gasteiger partial charge in [0.05, 0.1) is 73.3 Å². The lowest BCUT2D eigenvalue weighted by atomic mass is 9.87. The molecule has 12 heteroatoms. The predicted molar refractivity (Wildman–Crippen MR) is 221 cm³/mol. The largest absolute Gasteiger partial charge is 0.496 e. The molecule has 2 aliphatic rings. The molecule has 4 aromatic heterocycles. The molecule has 2 saturated carbocycles. The van der Waals surface area contributed by atoms with Crippen molar-refractivity contribution in [3.8, 4) is 51.6 Å². The van der Waals surface area contributed by atoms with Crippen molar-refractivity contribution < 1.29 is 28.2 Å². The van der Waals surface area contributed by atoms with Gasteiger partial charge in [0.1, 0.15) is 28.6 Å². The van der Waals surface area contributed by atoms with Crippen molar-refractivity contribution in [1.29, 1.82) is 10.5 Å². The number of nitriles is 2. The van der Waals surface area contributed by atoms with E-state index in [4.69, 9.17) is 14.2 Å². The fourth-order valence-electron chi connectivity index (χ4n) is 7.16. The number of pyridine rings is 2. The van der Waals surface area contributed by atoms with E-state index < -0.39 is 16.6 Å². The van der Waals surface area contributed by atoms with Gasteiger partial charge in [-0.1, -0.05) is 12.1 Å². The Morgan fingerprint density at radius 2 is 1.07 bits per heavy atom. The Hall–Kier alpha value is -6.53. The molecule has 2 fully saturated rings. The highest BCUT2D eigenvalue weighted by Gasteiger charge is 2.31. The van der Waals surface area contributed by atoms with Crippen molar-refractivity contribution in [2.24, 2.45) is 11.8 Å². The fraction of sp³-hybridized carbons (Fsp3) is 0.362. The van der Waals surface area contributed by atoms with E-state index in [0.29, 0.717) is 47.3 Å². The van der Waals surface area contributed by atoms with Gasteiger partial charge in [0.25, 0.3) is 0 Å². The second kappa shape index (κ2) is 16.0. The molecule has 0 spiro atoms. The summed E-state index contributed by atoms with van der Waals surface area (Å²) in [5.74, 6) is 1.39. The third-order valence-corrected chi connectivity index (χ3v) is 11.3. The number of hydrogen-bond acceptors (Lipinski definition) is 9. The third kappa shape index (κ3) is 8.26. The molecule has 2 aliphatic carbocycles. The molecule has 8 rings (SSSR count). The lowest BCUT2D eigenvalue weighted by Gasteiger charge is -2.16. The van der Waals surface area contributed by atoms with Crippen LogP contribution in [0.1, 0.15) is 98.1 Å². The molecule has 0 radical (unpaired) electrons. The van der Waals surface area contributed by atoms with Crippen LogP contribution in [0.2, 0.25) is 0 Å². The molecule has 0 bridgehead atoms. The Kier molecular flexibility index (Phi) is 11.0. The molecule has 4 heterocycles. The van der Waals surface area contributed by atoms with Gasteiger partial charge in [-0.3, -0.25) is 9.59 Å². The van der Waals surface area contributed by atoms with E-state index in [0.717, 1.165) is 64.5 Å². The summed E-state index contributed by atoms with van der Waals surface area (Å²) in [7, 11) is 4.58. The average molecular weight is 795 g/mol. The predicted octanol–water partition coefficient (Wildman–Crippen LogP) is 9.74. The number of halogens is 1. The molecule has 59 heavy (non-hydrogen) atoms. The molecular weight excluding hydrogens is 748 g/mol. The molecule has 2 aromatic carbocycles. The molecule has 0 N–H and O–H groups in total. The number of carbonyl (C=O) groups excluding carboxylic acids is 2. The summed E-state index contributed by atoms with van der Waals surface area (Å²) in [5, 5.41) is 27.6. The van der Waals surface area contributed by atoms with Gasteiger partial charge < -0.3 is 14.2 Å². The zero-order valence-electron chi connectivity index (χ0n) is 34.4. The molecule has 302 valence electrons. The number of aromatic nitrogens is 4. The minimum absolute atomic E-state index is 0.0256. The molecule has 0 saturated heterocycles. The summed E-state index contributed by atoms with van der Waals surface area (Å²) in [4.78, 5) is 25.3.